The first-order chi connectivity index (χ1) is 10.6. The molecule has 1 aromatic heterocycles. The molecule has 1 aliphatic rings. The monoisotopic (exact) mass is 359 g/mol. The second-order valence-corrected chi connectivity index (χ2v) is 7.06. The number of carbonyl (C=O) groups excluding carboxylic acids is 2. The van der Waals surface area contributed by atoms with Crippen LogP contribution < -0.4 is 16.0 Å². The average Bonchev–Trinajstić information content (AvgIpc) is 3.16. The van der Waals surface area contributed by atoms with Crippen molar-refractivity contribution < 1.29 is 9.59 Å². The van der Waals surface area contributed by atoms with Gasteiger partial charge in [-0.1, -0.05) is 19.9 Å². The summed E-state index contributed by atoms with van der Waals surface area (Å²) >= 11 is 1.38. The largest absolute Gasteiger partial charge is 0.354 e. The number of hydrogen-bond donors (Lipinski definition) is 3. The molecule has 2 unspecified atom stereocenters. The Morgan fingerprint density at radius 1 is 1.43 bits per heavy atom. The molecule has 0 aliphatic carbocycles. The summed E-state index contributed by atoms with van der Waals surface area (Å²) in [6.45, 7) is 6.67. The summed E-state index contributed by atoms with van der Waals surface area (Å²) in [6.07, 6.45) is 2.17. The molecule has 0 spiro atoms. The fourth-order valence-electron chi connectivity index (χ4n) is 2.63. The lowest BCUT2D eigenvalue weighted by Gasteiger charge is -2.21. The molecule has 0 aromatic carbocycles. The van der Waals surface area contributed by atoms with Gasteiger partial charge in [0.15, 0.2) is 0 Å². The number of hydrogen-bond acceptors (Lipinski definition) is 4. The fraction of sp³-hybridized carbons (Fsp3) is 0.625. The van der Waals surface area contributed by atoms with E-state index in [9.17, 15) is 9.59 Å². The highest BCUT2D eigenvalue weighted by Gasteiger charge is 2.25. The van der Waals surface area contributed by atoms with Crippen LogP contribution in [0.1, 0.15) is 36.4 Å². The van der Waals surface area contributed by atoms with Crippen molar-refractivity contribution in [3.63, 3.8) is 0 Å². The summed E-state index contributed by atoms with van der Waals surface area (Å²) in [5.41, 5.74) is 0. The van der Waals surface area contributed by atoms with Gasteiger partial charge < -0.3 is 16.0 Å². The third kappa shape index (κ3) is 6.12. The Labute approximate surface area is 148 Å². The molecule has 1 aliphatic heterocycles. The lowest BCUT2D eigenvalue weighted by Crippen LogP contribution is -2.49. The van der Waals surface area contributed by atoms with Crippen LogP contribution in [0.15, 0.2) is 17.5 Å². The Morgan fingerprint density at radius 2 is 2.22 bits per heavy atom. The molecule has 2 heterocycles. The highest BCUT2D eigenvalue weighted by molar-refractivity contribution is 7.12. The molecule has 5 nitrogen and oxygen atoms in total. The van der Waals surface area contributed by atoms with E-state index in [1.807, 2.05) is 25.3 Å². The predicted octanol–water partition coefficient (Wildman–Crippen LogP) is 2.04. The van der Waals surface area contributed by atoms with Crippen LogP contribution in [0.2, 0.25) is 0 Å². The molecule has 1 aromatic rings. The van der Waals surface area contributed by atoms with Crippen molar-refractivity contribution in [2.24, 2.45) is 11.8 Å². The van der Waals surface area contributed by atoms with Gasteiger partial charge in [-0.15, -0.1) is 23.7 Å². The van der Waals surface area contributed by atoms with Crippen molar-refractivity contribution in [1.82, 2.24) is 16.0 Å². The van der Waals surface area contributed by atoms with Gasteiger partial charge in [0.2, 0.25) is 5.91 Å². The Balaban J connectivity index is 0.00000264. The quantitative estimate of drug-likeness (QED) is 0.697. The number of rotatable bonds is 7. The first-order valence-electron chi connectivity index (χ1n) is 7.90. The van der Waals surface area contributed by atoms with Crippen LogP contribution in [-0.2, 0) is 4.79 Å². The lowest BCUT2D eigenvalue weighted by atomic mass is 10.0. The Morgan fingerprint density at radius 3 is 2.78 bits per heavy atom. The van der Waals surface area contributed by atoms with Crippen LogP contribution in [-0.4, -0.2) is 37.5 Å². The summed E-state index contributed by atoms with van der Waals surface area (Å²) < 4.78 is 0. The standard InChI is InChI=1S/C16H25N3O2S.ClH/c1-11(2)14(19-15(20)13-4-3-9-22-13)16(21)18-8-6-12-5-7-17-10-12;/h3-4,9,11-12,14,17H,5-8,10H2,1-2H3,(H,18,21)(H,19,20);1H. The van der Waals surface area contributed by atoms with Crippen LogP contribution in [0, 0.1) is 11.8 Å². The van der Waals surface area contributed by atoms with Gasteiger partial charge in [0.25, 0.3) is 5.91 Å². The van der Waals surface area contributed by atoms with Gasteiger partial charge in [0.1, 0.15) is 6.04 Å². The molecule has 0 bridgehead atoms. The Hall–Kier alpha value is -1.11. The highest BCUT2D eigenvalue weighted by Crippen LogP contribution is 2.12. The van der Waals surface area contributed by atoms with Crippen LogP contribution >= 0.6 is 23.7 Å². The molecule has 3 N–H and O–H groups in total. The predicted molar refractivity (Wildman–Crippen MR) is 96.3 cm³/mol. The average molecular weight is 360 g/mol. The third-order valence-corrected chi connectivity index (χ3v) is 4.86. The van der Waals surface area contributed by atoms with Crippen molar-refractivity contribution in [3.05, 3.63) is 22.4 Å². The maximum absolute atomic E-state index is 12.3. The van der Waals surface area contributed by atoms with Crippen LogP contribution in [0.5, 0.6) is 0 Å². The number of halogens is 1. The van der Waals surface area contributed by atoms with Gasteiger partial charge >= 0.3 is 0 Å². The molecule has 2 rings (SSSR count). The maximum Gasteiger partial charge on any atom is 0.262 e. The number of carbonyl (C=O) groups is 2. The van der Waals surface area contributed by atoms with E-state index in [-0.39, 0.29) is 30.1 Å². The van der Waals surface area contributed by atoms with E-state index in [1.54, 1.807) is 6.07 Å². The van der Waals surface area contributed by atoms with E-state index >= 15 is 0 Å². The molecule has 0 radical (unpaired) electrons. The maximum atomic E-state index is 12.3. The van der Waals surface area contributed by atoms with E-state index in [4.69, 9.17) is 0 Å². The van der Waals surface area contributed by atoms with Crippen molar-refractivity contribution >= 4 is 35.6 Å². The van der Waals surface area contributed by atoms with Crippen LogP contribution in [0.3, 0.4) is 0 Å². The van der Waals surface area contributed by atoms with Crippen LogP contribution in [0.25, 0.3) is 0 Å². The molecular formula is C16H26ClN3O2S. The zero-order valence-electron chi connectivity index (χ0n) is 13.6. The summed E-state index contributed by atoms with van der Waals surface area (Å²) in [7, 11) is 0. The minimum absolute atomic E-state index is 0. The zero-order valence-corrected chi connectivity index (χ0v) is 15.3. The first kappa shape index (κ1) is 19.9. The highest BCUT2D eigenvalue weighted by atomic mass is 35.5. The van der Waals surface area contributed by atoms with Gasteiger partial charge in [-0.2, -0.15) is 0 Å². The minimum atomic E-state index is -0.490. The molecule has 130 valence electrons. The van der Waals surface area contributed by atoms with Crippen LogP contribution in [0.4, 0.5) is 0 Å². The van der Waals surface area contributed by atoms with Crippen molar-refractivity contribution in [2.45, 2.75) is 32.7 Å². The summed E-state index contributed by atoms with van der Waals surface area (Å²) in [5.74, 6) is 0.435. The molecule has 1 saturated heterocycles. The summed E-state index contributed by atoms with van der Waals surface area (Å²) in [4.78, 5) is 25.1. The lowest BCUT2D eigenvalue weighted by molar-refractivity contribution is -0.123. The third-order valence-electron chi connectivity index (χ3n) is 3.99. The molecule has 0 saturated carbocycles. The van der Waals surface area contributed by atoms with Crippen molar-refractivity contribution in [3.8, 4) is 0 Å². The Kier molecular flexibility index (Phi) is 8.58. The normalized spacial score (nSPS) is 18.3. The second kappa shape index (κ2) is 9.90. The molecule has 23 heavy (non-hydrogen) atoms. The molecule has 2 atom stereocenters. The summed E-state index contributed by atoms with van der Waals surface area (Å²) in [6, 6.07) is 3.11. The SMILES string of the molecule is CC(C)C(NC(=O)c1cccs1)C(=O)NCCC1CCNC1.Cl. The van der Waals surface area contributed by atoms with Gasteiger partial charge in [0.05, 0.1) is 4.88 Å². The number of thiophene rings is 1. The first-order valence-corrected chi connectivity index (χ1v) is 8.78. The number of amides is 2. The molecule has 7 heteroatoms. The van der Waals surface area contributed by atoms with Crippen molar-refractivity contribution in [1.29, 1.82) is 0 Å². The van der Waals surface area contributed by atoms with Gasteiger partial charge in [-0.3, -0.25) is 9.59 Å². The van der Waals surface area contributed by atoms with E-state index in [1.165, 1.54) is 17.8 Å². The smallest absolute Gasteiger partial charge is 0.262 e. The van der Waals surface area contributed by atoms with E-state index < -0.39 is 6.04 Å². The van der Waals surface area contributed by atoms with Crippen molar-refractivity contribution in [2.75, 3.05) is 19.6 Å². The van der Waals surface area contributed by atoms with E-state index in [0.717, 1.165) is 19.5 Å². The second-order valence-electron chi connectivity index (χ2n) is 6.11. The fourth-order valence-corrected chi connectivity index (χ4v) is 3.25. The number of nitrogens with one attached hydrogen (secondary N) is 3. The van der Waals surface area contributed by atoms with Gasteiger partial charge in [0, 0.05) is 6.54 Å². The van der Waals surface area contributed by atoms with E-state index in [0.29, 0.717) is 17.3 Å². The van der Waals surface area contributed by atoms with Gasteiger partial charge in [-0.25, -0.2) is 0 Å². The molecule has 1 fully saturated rings. The zero-order chi connectivity index (χ0) is 15.9. The van der Waals surface area contributed by atoms with E-state index in [2.05, 4.69) is 16.0 Å². The summed E-state index contributed by atoms with van der Waals surface area (Å²) in [5, 5.41) is 11.0. The molecule has 2 amide bonds. The minimum Gasteiger partial charge on any atom is -0.354 e. The topological polar surface area (TPSA) is 70.2 Å². The van der Waals surface area contributed by atoms with Gasteiger partial charge in [-0.05, 0) is 49.2 Å². The Bertz CT molecular complexity index is 488. The molecular weight excluding hydrogens is 334 g/mol.